The number of piperazine rings is 1. The predicted molar refractivity (Wildman–Crippen MR) is 127 cm³/mol. The average molecular weight is 427 g/mol. The van der Waals surface area contributed by atoms with Crippen molar-refractivity contribution in [1.82, 2.24) is 15.2 Å². The van der Waals surface area contributed by atoms with Crippen LogP contribution in [-0.4, -0.2) is 64.5 Å². The van der Waals surface area contributed by atoms with Crippen LogP contribution in [0.15, 0.2) is 48.8 Å². The molecule has 0 amide bonds. The Morgan fingerprint density at radius 3 is 2.29 bits per heavy atom. The van der Waals surface area contributed by atoms with Gasteiger partial charge in [-0.05, 0) is 64.3 Å². The molecule has 1 aliphatic heterocycles. The van der Waals surface area contributed by atoms with E-state index in [1.54, 1.807) is 27.7 Å². The first-order chi connectivity index (χ1) is 14.5. The van der Waals surface area contributed by atoms with Gasteiger partial charge in [0.1, 0.15) is 0 Å². The Balaban J connectivity index is 0.000000224. The van der Waals surface area contributed by atoms with E-state index in [-0.39, 0.29) is 0 Å². The zero-order chi connectivity index (χ0) is 23.1. The van der Waals surface area contributed by atoms with Crippen LogP contribution in [0, 0.1) is 6.92 Å². The minimum Gasteiger partial charge on any atom is -0.423 e. The standard InChI is InChI=1S/C13H21BO3.C11H17N3/c1-10-6-8-11(9-7-10)14(16)17-13(4,5)12(2,3)15;1-2-14-8-7-13-9-11(14)10-3-5-12-6-4-10/h6-9,15-16H,1-5H3;3-6,11,13H,2,7-9H2,1H3. The predicted octanol–water partition coefficient (Wildman–Crippen LogP) is 2.30. The zero-order valence-corrected chi connectivity index (χ0v) is 19.8. The van der Waals surface area contributed by atoms with Crippen LogP contribution in [0.3, 0.4) is 0 Å². The lowest BCUT2D eigenvalue weighted by atomic mass is 9.76. The highest BCUT2D eigenvalue weighted by atomic mass is 16.5. The third-order valence-corrected chi connectivity index (χ3v) is 6.09. The molecule has 3 rings (SSSR count). The fourth-order valence-electron chi connectivity index (χ4n) is 3.26. The summed E-state index contributed by atoms with van der Waals surface area (Å²) in [6.07, 6.45) is 3.75. The van der Waals surface area contributed by atoms with Gasteiger partial charge in [-0.15, -0.1) is 0 Å². The summed E-state index contributed by atoms with van der Waals surface area (Å²) in [7, 11) is -1.03. The number of nitrogens with one attached hydrogen (secondary N) is 1. The number of nitrogens with zero attached hydrogens (tertiary/aromatic N) is 2. The fourth-order valence-corrected chi connectivity index (χ4v) is 3.26. The highest BCUT2D eigenvalue weighted by Crippen LogP contribution is 2.25. The van der Waals surface area contributed by atoms with E-state index >= 15 is 0 Å². The topological polar surface area (TPSA) is 77.9 Å². The van der Waals surface area contributed by atoms with Crippen LogP contribution in [-0.2, 0) is 4.65 Å². The first-order valence-electron chi connectivity index (χ1n) is 11.0. The number of hydrogen-bond donors (Lipinski definition) is 3. The molecule has 2 heterocycles. The molecule has 0 aliphatic carbocycles. The Hall–Kier alpha value is -1.77. The maximum atomic E-state index is 9.98. The van der Waals surface area contributed by atoms with Gasteiger partial charge in [0.2, 0.25) is 0 Å². The Bertz CT molecular complexity index is 779. The summed E-state index contributed by atoms with van der Waals surface area (Å²) in [5, 5.41) is 23.4. The number of aliphatic hydroxyl groups is 1. The fraction of sp³-hybridized carbons (Fsp3) is 0.542. The second kappa shape index (κ2) is 11.2. The van der Waals surface area contributed by atoms with Gasteiger partial charge in [-0.25, -0.2) is 0 Å². The molecule has 31 heavy (non-hydrogen) atoms. The summed E-state index contributed by atoms with van der Waals surface area (Å²) in [5.74, 6) is 0. The van der Waals surface area contributed by atoms with Crippen LogP contribution in [0.4, 0.5) is 0 Å². The SMILES string of the molecule is CCN1CCNCC1c1ccncc1.Cc1ccc(B(O)OC(C)(C)C(C)(C)O)cc1. The second-order valence-electron chi connectivity index (χ2n) is 9.08. The maximum Gasteiger partial charge on any atom is 0.491 e. The Labute approximate surface area is 187 Å². The van der Waals surface area contributed by atoms with Crippen molar-refractivity contribution in [1.29, 1.82) is 0 Å². The van der Waals surface area contributed by atoms with Crippen molar-refractivity contribution < 1.29 is 14.8 Å². The molecular formula is C24H38BN3O3. The molecule has 0 saturated carbocycles. The summed E-state index contributed by atoms with van der Waals surface area (Å²) >= 11 is 0. The van der Waals surface area contributed by atoms with Gasteiger partial charge >= 0.3 is 7.12 Å². The molecule has 1 aromatic heterocycles. The molecule has 0 bridgehead atoms. The summed E-state index contributed by atoms with van der Waals surface area (Å²) in [5.41, 5.74) is 1.32. The Morgan fingerprint density at radius 1 is 1.13 bits per heavy atom. The first kappa shape index (κ1) is 25.5. The summed E-state index contributed by atoms with van der Waals surface area (Å²) in [4.78, 5) is 6.56. The molecule has 1 fully saturated rings. The van der Waals surface area contributed by atoms with Crippen LogP contribution < -0.4 is 10.8 Å². The Morgan fingerprint density at radius 2 is 1.74 bits per heavy atom. The lowest BCUT2D eigenvalue weighted by Gasteiger charge is -2.38. The quantitative estimate of drug-likeness (QED) is 0.615. The molecule has 1 atom stereocenters. The monoisotopic (exact) mass is 427 g/mol. The third kappa shape index (κ3) is 7.40. The van der Waals surface area contributed by atoms with E-state index in [0.717, 1.165) is 31.7 Å². The molecule has 0 spiro atoms. The van der Waals surface area contributed by atoms with Crippen molar-refractivity contribution in [3.63, 3.8) is 0 Å². The molecule has 1 aromatic carbocycles. The van der Waals surface area contributed by atoms with E-state index in [1.165, 1.54) is 5.56 Å². The third-order valence-electron chi connectivity index (χ3n) is 6.09. The van der Waals surface area contributed by atoms with Crippen molar-refractivity contribution in [2.45, 2.75) is 58.8 Å². The molecule has 1 saturated heterocycles. The molecule has 1 unspecified atom stereocenters. The number of aromatic nitrogens is 1. The van der Waals surface area contributed by atoms with Gasteiger partial charge in [0.15, 0.2) is 0 Å². The van der Waals surface area contributed by atoms with Crippen molar-refractivity contribution in [3.8, 4) is 0 Å². The number of likely N-dealkylation sites (N-methyl/N-ethyl adjacent to an activating group) is 1. The van der Waals surface area contributed by atoms with Crippen LogP contribution in [0.5, 0.6) is 0 Å². The summed E-state index contributed by atoms with van der Waals surface area (Å²) in [6, 6.07) is 12.2. The number of benzene rings is 1. The molecule has 7 heteroatoms. The average Bonchev–Trinajstić information content (AvgIpc) is 2.74. The van der Waals surface area contributed by atoms with E-state index in [4.69, 9.17) is 4.65 Å². The number of hydrogen-bond acceptors (Lipinski definition) is 6. The van der Waals surface area contributed by atoms with Crippen molar-refractivity contribution >= 4 is 12.6 Å². The molecule has 170 valence electrons. The van der Waals surface area contributed by atoms with Gasteiger partial charge in [-0.3, -0.25) is 9.88 Å². The van der Waals surface area contributed by atoms with Crippen LogP contribution in [0.1, 0.15) is 51.8 Å². The minimum absolute atomic E-state index is 0.525. The van der Waals surface area contributed by atoms with E-state index in [9.17, 15) is 10.1 Å². The van der Waals surface area contributed by atoms with Crippen LogP contribution in [0.2, 0.25) is 0 Å². The lowest BCUT2D eigenvalue weighted by molar-refractivity contribution is -0.0982. The van der Waals surface area contributed by atoms with E-state index in [0.29, 0.717) is 11.5 Å². The molecule has 0 radical (unpaired) electrons. The second-order valence-corrected chi connectivity index (χ2v) is 9.08. The van der Waals surface area contributed by atoms with Crippen LogP contribution >= 0.6 is 0 Å². The first-order valence-corrected chi connectivity index (χ1v) is 11.0. The molecule has 2 aromatic rings. The highest BCUT2D eigenvalue weighted by Gasteiger charge is 2.39. The van der Waals surface area contributed by atoms with Crippen molar-refractivity contribution in [2.75, 3.05) is 26.2 Å². The zero-order valence-electron chi connectivity index (χ0n) is 19.8. The number of pyridine rings is 1. The summed E-state index contributed by atoms with van der Waals surface area (Å²) < 4.78 is 5.53. The van der Waals surface area contributed by atoms with Gasteiger partial charge < -0.3 is 20.1 Å². The summed E-state index contributed by atoms with van der Waals surface area (Å²) in [6.45, 7) is 15.5. The lowest BCUT2D eigenvalue weighted by Crippen LogP contribution is -2.53. The molecule has 1 aliphatic rings. The normalized spacial score (nSPS) is 17.6. The molecule has 6 nitrogen and oxygen atoms in total. The largest absolute Gasteiger partial charge is 0.491 e. The van der Waals surface area contributed by atoms with Crippen molar-refractivity contribution in [2.24, 2.45) is 0 Å². The van der Waals surface area contributed by atoms with E-state index in [1.807, 2.05) is 43.6 Å². The van der Waals surface area contributed by atoms with Gasteiger partial charge in [0, 0.05) is 38.1 Å². The highest BCUT2D eigenvalue weighted by molar-refractivity contribution is 6.60. The van der Waals surface area contributed by atoms with Gasteiger partial charge in [0.25, 0.3) is 0 Å². The number of aryl methyl sites for hydroxylation is 1. The molecule has 3 N–H and O–H groups in total. The van der Waals surface area contributed by atoms with E-state index in [2.05, 4.69) is 34.3 Å². The van der Waals surface area contributed by atoms with Crippen LogP contribution in [0.25, 0.3) is 0 Å². The van der Waals surface area contributed by atoms with E-state index < -0.39 is 18.3 Å². The number of rotatable bonds is 6. The Kier molecular flexibility index (Phi) is 9.21. The maximum absolute atomic E-state index is 9.98. The minimum atomic E-state index is -1.03. The van der Waals surface area contributed by atoms with Crippen molar-refractivity contribution in [3.05, 3.63) is 59.9 Å². The smallest absolute Gasteiger partial charge is 0.423 e. The molecular weight excluding hydrogens is 389 g/mol. The van der Waals surface area contributed by atoms with Gasteiger partial charge in [-0.1, -0.05) is 36.8 Å². The van der Waals surface area contributed by atoms with Gasteiger partial charge in [-0.2, -0.15) is 0 Å². The van der Waals surface area contributed by atoms with Gasteiger partial charge in [0.05, 0.1) is 11.2 Å².